The molecular weight excluding hydrogens is 418 g/mol. The summed E-state index contributed by atoms with van der Waals surface area (Å²) in [6.45, 7) is 1.67. The number of para-hydroxylation sites is 1. The molecule has 4 aromatic rings. The normalized spacial score (nSPS) is 16.6. The Bertz CT molecular complexity index is 1470. The maximum Gasteiger partial charge on any atom is 0.260 e. The number of carbonyl (C=O) groups excluding carboxylic acids is 3. The van der Waals surface area contributed by atoms with Crippen LogP contribution in [0, 0.1) is 6.92 Å². The van der Waals surface area contributed by atoms with E-state index < -0.39 is 6.17 Å². The largest absolute Gasteiger partial charge is 0.342 e. The van der Waals surface area contributed by atoms with Crippen LogP contribution in [0.3, 0.4) is 0 Å². The van der Waals surface area contributed by atoms with Gasteiger partial charge < -0.3 is 15.2 Å². The predicted molar refractivity (Wildman–Crippen MR) is 123 cm³/mol. The highest BCUT2D eigenvalue weighted by molar-refractivity contribution is 6.17. The lowest BCUT2D eigenvalue weighted by molar-refractivity contribution is -0.117. The van der Waals surface area contributed by atoms with E-state index in [0.717, 1.165) is 16.9 Å². The summed E-state index contributed by atoms with van der Waals surface area (Å²) in [4.78, 5) is 50.3. The molecule has 1 aromatic heterocycles. The lowest BCUT2D eigenvalue weighted by Gasteiger charge is -2.40. The lowest BCUT2D eigenvalue weighted by atomic mass is 10.0. The molecule has 33 heavy (non-hydrogen) atoms. The second kappa shape index (κ2) is 7.03. The number of H-pyrrole nitrogens is 1. The van der Waals surface area contributed by atoms with Crippen molar-refractivity contribution in [1.29, 1.82) is 0 Å². The Morgan fingerprint density at radius 3 is 2.61 bits per heavy atom. The van der Waals surface area contributed by atoms with Gasteiger partial charge in [0.2, 0.25) is 5.91 Å². The molecule has 6 rings (SSSR count). The van der Waals surface area contributed by atoms with Gasteiger partial charge in [0, 0.05) is 16.8 Å². The Labute approximate surface area is 188 Å². The number of aromatic amines is 1. The first-order valence-corrected chi connectivity index (χ1v) is 10.6. The van der Waals surface area contributed by atoms with Crippen molar-refractivity contribution in [1.82, 2.24) is 14.9 Å². The molecule has 0 fully saturated rings. The van der Waals surface area contributed by atoms with E-state index >= 15 is 0 Å². The van der Waals surface area contributed by atoms with Gasteiger partial charge in [-0.3, -0.25) is 19.3 Å². The number of aromatic nitrogens is 2. The topological polar surface area (TPSA) is 98.4 Å². The van der Waals surface area contributed by atoms with Gasteiger partial charge in [-0.1, -0.05) is 30.3 Å². The number of hydrogen-bond donors (Lipinski definition) is 2. The van der Waals surface area contributed by atoms with E-state index in [-0.39, 0.29) is 24.3 Å². The van der Waals surface area contributed by atoms with Gasteiger partial charge in [0.1, 0.15) is 18.5 Å². The zero-order valence-corrected chi connectivity index (χ0v) is 17.7. The maximum absolute atomic E-state index is 13.4. The van der Waals surface area contributed by atoms with Gasteiger partial charge in [-0.05, 0) is 43.3 Å². The van der Waals surface area contributed by atoms with E-state index in [0.29, 0.717) is 28.1 Å². The molecule has 3 aromatic carbocycles. The fourth-order valence-electron chi connectivity index (χ4n) is 4.70. The summed E-state index contributed by atoms with van der Waals surface area (Å²) in [5.41, 5.74) is 4.44. The number of amides is 3. The minimum atomic E-state index is -0.667. The fraction of sp³-hybridized carbons (Fsp3) is 0.120. The third-order valence-corrected chi connectivity index (χ3v) is 6.08. The van der Waals surface area contributed by atoms with Crippen molar-refractivity contribution in [2.45, 2.75) is 13.1 Å². The molecule has 8 nitrogen and oxygen atoms in total. The minimum absolute atomic E-state index is 0.180. The Morgan fingerprint density at radius 1 is 1.00 bits per heavy atom. The monoisotopic (exact) mass is 437 g/mol. The highest BCUT2D eigenvalue weighted by Crippen LogP contribution is 2.44. The van der Waals surface area contributed by atoms with Gasteiger partial charge in [-0.15, -0.1) is 0 Å². The van der Waals surface area contributed by atoms with Gasteiger partial charge in [-0.25, -0.2) is 4.98 Å². The van der Waals surface area contributed by atoms with Crippen LogP contribution < -0.4 is 10.2 Å². The Kier molecular flexibility index (Phi) is 4.10. The predicted octanol–water partition coefficient (Wildman–Crippen LogP) is 3.62. The number of nitrogens with zero attached hydrogens (tertiary/aromatic N) is 3. The molecule has 0 spiro atoms. The molecular formula is C25H19N5O3. The molecule has 2 aliphatic heterocycles. The van der Waals surface area contributed by atoms with Gasteiger partial charge in [0.25, 0.3) is 11.8 Å². The first-order chi connectivity index (χ1) is 16.0. The zero-order valence-electron chi connectivity index (χ0n) is 17.7. The van der Waals surface area contributed by atoms with Crippen molar-refractivity contribution in [3.63, 3.8) is 0 Å². The second-order valence-electron chi connectivity index (χ2n) is 8.19. The van der Waals surface area contributed by atoms with Crippen LogP contribution in [0.25, 0.3) is 11.0 Å². The molecule has 0 saturated heterocycles. The molecule has 2 N–H and O–H groups in total. The van der Waals surface area contributed by atoms with Crippen molar-refractivity contribution in [3.05, 3.63) is 89.2 Å². The lowest BCUT2D eigenvalue weighted by Crippen LogP contribution is -2.50. The van der Waals surface area contributed by atoms with Crippen molar-refractivity contribution in [2.75, 3.05) is 16.8 Å². The molecule has 0 unspecified atom stereocenters. The van der Waals surface area contributed by atoms with Gasteiger partial charge >= 0.3 is 0 Å². The summed E-state index contributed by atoms with van der Waals surface area (Å²) >= 11 is 0. The van der Waals surface area contributed by atoms with Crippen LogP contribution in [0.4, 0.5) is 11.4 Å². The van der Waals surface area contributed by atoms with Crippen LogP contribution in [0.5, 0.6) is 0 Å². The van der Waals surface area contributed by atoms with Gasteiger partial charge in [0.15, 0.2) is 0 Å². The maximum atomic E-state index is 13.4. The molecule has 2 aliphatic rings. The molecule has 162 valence electrons. The molecule has 1 atom stereocenters. The molecule has 8 heteroatoms. The zero-order chi connectivity index (χ0) is 22.7. The quantitative estimate of drug-likeness (QED) is 0.511. The Balaban J connectivity index is 1.35. The third-order valence-electron chi connectivity index (χ3n) is 6.08. The number of nitrogens with one attached hydrogen (secondary N) is 2. The Hall–Kier alpha value is -4.46. The molecule has 0 radical (unpaired) electrons. The first-order valence-electron chi connectivity index (χ1n) is 10.6. The van der Waals surface area contributed by atoms with E-state index in [2.05, 4.69) is 15.3 Å². The van der Waals surface area contributed by atoms with E-state index in [4.69, 9.17) is 0 Å². The average molecular weight is 437 g/mol. The van der Waals surface area contributed by atoms with E-state index in [1.54, 1.807) is 53.4 Å². The summed E-state index contributed by atoms with van der Waals surface area (Å²) in [5, 5.41) is 2.87. The van der Waals surface area contributed by atoms with Crippen molar-refractivity contribution in [2.24, 2.45) is 0 Å². The first kappa shape index (κ1) is 19.2. The SMILES string of the molecule is Cc1nc2ccc(NC(=O)CN3C(=O)c4ccccc4N4C(=O)c5ccccc5[C@@H]34)cc2[nH]1. The van der Waals surface area contributed by atoms with Gasteiger partial charge in [0.05, 0.1) is 22.3 Å². The smallest absolute Gasteiger partial charge is 0.260 e. The third kappa shape index (κ3) is 2.91. The van der Waals surface area contributed by atoms with E-state index in [9.17, 15) is 14.4 Å². The number of imidazole rings is 1. The van der Waals surface area contributed by atoms with Crippen molar-refractivity contribution < 1.29 is 14.4 Å². The highest BCUT2D eigenvalue weighted by Gasteiger charge is 2.48. The summed E-state index contributed by atoms with van der Waals surface area (Å²) in [5.74, 6) is -0.0296. The number of benzene rings is 3. The van der Waals surface area contributed by atoms with Crippen molar-refractivity contribution in [3.8, 4) is 0 Å². The number of rotatable bonds is 3. The summed E-state index contributed by atoms with van der Waals surface area (Å²) in [6.07, 6.45) is -0.667. The number of carbonyl (C=O) groups is 3. The van der Waals surface area contributed by atoms with Gasteiger partial charge in [-0.2, -0.15) is 0 Å². The summed E-state index contributed by atoms with van der Waals surface area (Å²) in [7, 11) is 0. The Morgan fingerprint density at radius 2 is 1.76 bits per heavy atom. The fourth-order valence-corrected chi connectivity index (χ4v) is 4.70. The molecule has 0 saturated carbocycles. The second-order valence-corrected chi connectivity index (χ2v) is 8.19. The summed E-state index contributed by atoms with van der Waals surface area (Å²) in [6, 6.07) is 19.6. The minimum Gasteiger partial charge on any atom is -0.342 e. The van der Waals surface area contributed by atoms with Crippen LogP contribution >= 0.6 is 0 Å². The van der Waals surface area contributed by atoms with E-state index in [1.807, 2.05) is 25.1 Å². The molecule has 3 amide bonds. The molecule has 0 bridgehead atoms. The van der Waals surface area contributed by atoms with Crippen LogP contribution in [0.15, 0.2) is 66.7 Å². The summed E-state index contributed by atoms with van der Waals surface area (Å²) < 4.78 is 0. The van der Waals surface area contributed by atoms with Crippen LogP contribution in [0.1, 0.15) is 38.3 Å². The molecule has 0 aliphatic carbocycles. The number of fused-ring (bicyclic) bond motifs is 6. The van der Waals surface area contributed by atoms with Crippen molar-refractivity contribution >= 4 is 40.1 Å². The highest BCUT2D eigenvalue weighted by atomic mass is 16.2. The molecule has 3 heterocycles. The standard InChI is InChI=1S/C25H19N5O3/c1-14-26-19-11-10-15(12-20(19)27-14)28-22(31)13-29-23-16-6-2-3-7-17(16)25(33)30(23)21-9-5-4-8-18(21)24(29)32/h2-12,23H,13H2,1H3,(H,26,27)(H,28,31)/t23-/m0/s1. The number of anilines is 2. The van der Waals surface area contributed by atoms with Crippen LogP contribution in [0.2, 0.25) is 0 Å². The average Bonchev–Trinajstić information content (AvgIpc) is 3.33. The number of aryl methyl sites for hydroxylation is 1. The number of hydrogen-bond acceptors (Lipinski definition) is 4. The van der Waals surface area contributed by atoms with Crippen LogP contribution in [-0.2, 0) is 4.79 Å². The van der Waals surface area contributed by atoms with E-state index in [1.165, 1.54) is 4.90 Å². The van der Waals surface area contributed by atoms with Crippen LogP contribution in [-0.4, -0.2) is 39.1 Å².